The minimum atomic E-state index is -0.149. The molecule has 0 aliphatic heterocycles. The molecule has 1 aliphatic carbocycles. The molecule has 0 heterocycles. The zero-order valence-electron chi connectivity index (χ0n) is 11.3. The van der Waals surface area contributed by atoms with Crippen molar-refractivity contribution < 1.29 is 14.3 Å². The van der Waals surface area contributed by atoms with Gasteiger partial charge in [0.2, 0.25) is 0 Å². The fraction of sp³-hybridized carbons (Fsp3) is 0.235. The number of carbonyl (C=O) groups excluding carboxylic acids is 1. The largest absolute Gasteiger partial charge is 0.497 e. The molecule has 0 unspecified atom stereocenters. The number of benzene rings is 2. The number of carbonyl (C=O) groups is 1. The van der Waals surface area contributed by atoms with E-state index in [1.54, 1.807) is 31.4 Å². The van der Waals surface area contributed by atoms with Crippen molar-refractivity contribution in [2.75, 3.05) is 7.11 Å². The van der Waals surface area contributed by atoms with Crippen LogP contribution in [0.2, 0.25) is 0 Å². The van der Waals surface area contributed by atoms with E-state index in [0.717, 1.165) is 12.2 Å². The fourth-order valence-corrected chi connectivity index (χ4v) is 2.36. The lowest BCUT2D eigenvalue weighted by Crippen LogP contribution is -2.11. The lowest BCUT2D eigenvalue weighted by atomic mass is 10.1. The Bertz CT molecular complexity index is 589. The number of rotatable bonds is 4. The van der Waals surface area contributed by atoms with Crippen LogP contribution >= 0.6 is 0 Å². The minimum Gasteiger partial charge on any atom is -0.497 e. The van der Waals surface area contributed by atoms with Gasteiger partial charge in [-0.15, -0.1) is 0 Å². The van der Waals surface area contributed by atoms with Crippen molar-refractivity contribution in [2.45, 2.75) is 12.3 Å². The number of esters is 1. The summed E-state index contributed by atoms with van der Waals surface area (Å²) in [6.07, 6.45) is 0.874. The summed E-state index contributed by atoms with van der Waals surface area (Å²) in [5.41, 5.74) is 1.21. The molecule has 2 aromatic carbocycles. The minimum absolute atomic E-state index is 0.0144. The van der Waals surface area contributed by atoms with Crippen LogP contribution in [-0.4, -0.2) is 13.1 Å². The average molecular weight is 268 g/mol. The van der Waals surface area contributed by atoms with Gasteiger partial charge in [0.05, 0.1) is 13.0 Å². The Kier molecular flexibility index (Phi) is 3.42. The van der Waals surface area contributed by atoms with Crippen molar-refractivity contribution in [2.24, 2.45) is 5.92 Å². The van der Waals surface area contributed by atoms with Crippen molar-refractivity contribution in [1.82, 2.24) is 0 Å². The maximum absolute atomic E-state index is 12.1. The second-order valence-electron chi connectivity index (χ2n) is 4.96. The summed E-state index contributed by atoms with van der Waals surface area (Å²) in [6, 6.07) is 17.2. The lowest BCUT2D eigenvalue weighted by molar-refractivity contribution is -0.135. The normalized spacial score (nSPS) is 20.2. The maximum atomic E-state index is 12.1. The molecule has 3 rings (SSSR count). The third-order valence-electron chi connectivity index (χ3n) is 3.60. The first-order chi connectivity index (χ1) is 9.78. The smallest absolute Gasteiger partial charge is 0.314 e. The van der Waals surface area contributed by atoms with Crippen molar-refractivity contribution in [1.29, 1.82) is 0 Å². The summed E-state index contributed by atoms with van der Waals surface area (Å²) >= 11 is 0. The van der Waals surface area contributed by atoms with Crippen molar-refractivity contribution in [3.8, 4) is 11.5 Å². The van der Waals surface area contributed by atoms with Gasteiger partial charge in [-0.1, -0.05) is 30.3 Å². The molecular formula is C17H16O3. The van der Waals surface area contributed by atoms with Gasteiger partial charge in [-0.2, -0.15) is 0 Å². The molecule has 0 bridgehead atoms. The zero-order valence-corrected chi connectivity index (χ0v) is 11.3. The monoisotopic (exact) mass is 268 g/mol. The van der Waals surface area contributed by atoms with E-state index in [0.29, 0.717) is 11.7 Å². The Labute approximate surface area is 118 Å². The summed E-state index contributed by atoms with van der Waals surface area (Å²) in [5, 5.41) is 0. The first-order valence-corrected chi connectivity index (χ1v) is 6.68. The van der Waals surface area contributed by atoms with E-state index < -0.39 is 0 Å². The highest BCUT2D eigenvalue weighted by Crippen LogP contribution is 2.48. The Balaban J connectivity index is 1.61. The molecule has 2 atom stereocenters. The summed E-state index contributed by atoms with van der Waals surface area (Å²) in [6.45, 7) is 0. The van der Waals surface area contributed by atoms with Crippen LogP contribution < -0.4 is 9.47 Å². The molecule has 0 N–H and O–H groups in total. The average Bonchev–Trinajstić information content (AvgIpc) is 3.29. The Morgan fingerprint density at radius 1 is 1.00 bits per heavy atom. The summed E-state index contributed by atoms with van der Waals surface area (Å²) in [7, 11) is 1.61. The highest BCUT2D eigenvalue weighted by molar-refractivity contribution is 5.79. The number of ether oxygens (including phenoxy) is 2. The molecule has 20 heavy (non-hydrogen) atoms. The molecule has 0 aromatic heterocycles. The molecule has 0 saturated heterocycles. The van der Waals surface area contributed by atoms with Crippen LogP contribution in [0, 0.1) is 5.92 Å². The molecule has 0 amide bonds. The summed E-state index contributed by atoms with van der Waals surface area (Å²) < 4.78 is 10.5. The van der Waals surface area contributed by atoms with E-state index in [4.69, 9.17) is 9.47 Å². The Hall–Kier alpha value is -2.29. The van der Waals surface area contributed by atoms with Crippen molar-refractivity contribution in [3.05, 3.63) is 60.2 Å². The van der Waals surface area contributed by atoms with Gasteiger partial charge in [0, 0.05) is 0 Å². The van der Waals surface area contributed by atoms with Gasteiger partial charge in [0.1, 0.15) is 11.5 Å². The van der Waals surface area contributed by atoms with Crippen LogP contribution in [0.4, 0.5) is 0 Å². The SMILES string of the molecule is COc1ccc(OC(=O)[C@@H]2C[C@H]2c2ccccc2)cc1. The molecule has 0 spiro atoms. The number of hydrogen-bond donors (Lipinski definition) is 0. The van der Waals surface area contributed by atoms with E-state index in [2.05, 4.69) is 12.1 Å². The van der Waals surface area contributed by atoms with Crippen LogP contribution in [0.15, 0.2) is 54.6 Å². The third kappa shape index (κ3) is 2.67. The predicted octanol–water partition coefficient (Wildman–Crippen LogP) is 3.40. The summed E-state index contributed by atoms with van der Waals surface area (Å²) in [5.74, 6) is 1.46. The standard InChI is InChI=1S/C17H16O3/c1-19-13-7-9-14(10-8-13)20-17(18)16-11-15(16)12-5-3-2-4-6-12/h2-10,15-16H,11H2,1H3/t15-,16+/m0/s1. The number of methoxy groups -OCH3 is 1. The van der Waals surface area contributed by atoms with E-state index in [1.165, 1.54) is 5.56 Å². The molecule has 3 heteroatoms. The molecular weight excluding hydrogens is 252 g/mol. The van der Waals surface area contributed by atoms with Crippen molar-refractivity contribution in [3.63, 3.8) is 0 Å². The molecule has 1 saturated carbocycles. The van der Waals surface area contributed by atoms with Crippen LogP contribution in [-0.2, 0) is 4.79 Å². The second-order valence-corrected chi connectivity index (χ2v) is 4.96. The first-order valence-electron chi connectivity index (χ1n) is 6.68. The highest BCUT2D eigenvalue weighted by Gasteiger charge is 2.45. The van der Waals surface area contributed by atoms with E-state index in [1.807, 2.05) is 18.2 Å². The fourth-order valence-electron chi connectivity index (χ4n) is 2.36. The topological polar surface area (TPSA) is 35.5 Å². The van der Waals surface area contributed by atoms with Gasteiger partial charge in [-0.25, -0.2) is 0 Å². The van der Waals surface area contributed by atoms with Crippen molar-refractivity contribution >= 4 is 5.97 Å². The van der Waals surface area contributed by atoms with Crippen LogP contribution in [0.1, 0.15) is 17.9 Å². The summed E-state index contributed by atoms with van der Waals surface area (Å²) in [4.78, 5) is 12.1. The quantitative estimate of drug-likeness (QED) is 0.629. The van der Waals surface area contributed by atoms with Crippen LogP contribution in [0.25, 0.3) is 0 Å². The second kappa shape index (κ2) is 5.37. The highest BCUT2D eigenvalue weighted by atomic mass is 16.5. The molecule has 1 fully saturated rings. The third-order valence-corrected chi connectivity index (χ3v) is 3.60. The zero-order chi connectivity index (χ0) is 13.9. The van der Waals surface area contributed by atoms with Gasteiger partial charge in [0.15, 0.2) is 0 Å². The van der Waals surface area contributed by atoms with Gasteiger partial charge >= 0.3 is 5.97 Å². The molecule has 102 valence electrons. The molecule has 2 aromatic rings. The Morgan fingerprint density at radius 2 is 1.65 bits per heavy atom. The molecule has 0 radical (unpaired) electrons. The maximum Gasteiger partial charge on any atom is 0.314 e. The van der Waals surface area contributed by atoms with Gasteiger partial charge in [-0.05, 0) is 42.2 Å². The van der Waals surface area contributed by atoms with Gasteiger partial charge < -0.3 is 9.47 Å². The lowest BCUT2D eigenvalue weighted by Gasteiger charge is -2.05. The number of hydrogen-bond acceptors (Lipinski definition) is 3. The first kappa shape index (κ1) is 12.7. The molecule has 3 nitrogen and oxygen atoms in total. The van der Waals surface area contributed by atoms with E-state index in [-0.39, 0.29) is 11.9 Å². The Morgan fingerprint density at radius 3 is 2.30 bits per heavy atom. The van der Waals surface area contributed by atoms with E-state index in [9.17, 15) is 4.79 Å². The van der Waals surface area contributed by atoms with Gasteiger partial charge in [-0.3, -0.25) is 4.79 Å². The van der Waals surface area contributed by atoms with Crippen LogP contribution in [0.3, 0.4) is 0 Å². The van der Waals surface area contributed by atoms with Gasteiger partial charge in [0.25, 0.3) is 0 Å². The molecule has 1 aliphatic rings. The van der Waals surface area contributed by atoms with E-state index >= 15 is 0 Å². The van der Waals surface area contributed by atoms with Crippen LogP contribution in [0.5, 0.6) is 11.5 Å². The predicted molar refractivity (Wildman–Crippen MR) is 75.9 cm³/mol.